The quantitative estimate of drug-likeness (QED) is 0.605. The van der Waals surface area contributed by atoms with Gasteiger partial charge in [0.15, 0.2) is 0 Å². The van der Waals surface area contributed by atoms with E-state index in [4.69, 9.17) is 5.26 Å². The number of hydrogen-bond acceptors (Lipinski definition) is 5. The molecule has 2 N–H and O–H groups in total. The number of aromatic nitrogens is 4. The molecule has 108 valence electrons. The molecule has 6 nitrogen and oxygen atoms in total. The van der Waals surface area contributed by atoms with Gasteiger partial charge < -0.3 is 5.32 Å². The van der Waals surface area contributed by atoms with Crippen molar-refractivity contribution in [2.24, 2.45) is 0 Å². The van der Waals surface area contributed by atoms with Gasteiger partial charge in [0, 0.05) is 15.5 Å². The molecule has 0 aliphatic carbocycles. The van der Waals surface area contributed by atoms with E-state index in [-0.39, 0.29) is 15.0 Å². The standard InChI is InChI=1S/C11H6F3IN6/c12-11(13,14)8-2-1-7(3-9(8)15)17-5-6(4-16)10-18-20-21-19-10/h1-3,5,17H,(H,18,19,20,21). The van der Waals surface area contributed by atoms with E-state index in [0.29, 0.717) is 5.69 Å². The SMILES string of the molecule is N#CC(=CNc1ccc(C(F)(F)F)c(I)c1)c1nn[nH]n1. The van der Waals surface area contributed by atoms with Gasteiger partial charge in [0.05, 0.1) is 5.56 Å². The highest BCUT2D eigenvalue weighted by atomic mass is 127. The molecule has 1 aromatic heterocycles. The number of H-pyrrole nitrogens is 1. The summed E-state index contributed by atoms with van der Waals surface area (Å²) in [5.74, 6) is 0.0895. The molecule has 0 atom stereocenters. The predicted octanol–water partition coefficient (Wildman–Crippen LogP) is 2.80. The van der Waals surface area contributed by atoms with Crippen LogP contribution in [-0.2, 0) is 6.18 Å². The van der Waals surface area contributed by atoms with Gasteiger partial charge in [-0.05, 0) is 46.0 Å². The zero-order valence-corrected chi connectivity index (χ0v) is 12.3. The average Bonchev–Trinajstić information content (AvgIpc) is 2.92. The maximum Gasteiger partial charge on any atom is 0.417 e. The molecule has 0 fully saturated rings. The molecule has 2 aromatic rings. The summed E-state index contributed by atoms with van der Waals surface area (Å²) in [4.78, 5) is 0. The van der Waals surface area contributed by atoms with E-state index in [2.05, 4.69) is 25.9 Å². The molecular formula is C11H6F3IN6. The molecule has 1 heterocycles. The Hall–Kier alpha value is -2.16. The summed E-state index contributed by atoms with van der Waals surface area (Å²) < 4.78 is 37.9. The van der Waals surface area contributed by atoms with Crippen LogP contribution in [0.2, 0.25) is 0 Å². The fourth-order valence-corrected chi connectivity index (χ4v) is 2.23. The summed E-state index contributed by atoms with van der Waals surface area (Å²) in [6.07, 6.45) is -3.10. The lowest BCUT2D eigenvalue weighted by Gasteiger charge is -2.10. The van der Waals surface area contributed by atoms with Gasteiger partial charge in [0.25, 0.3) is 0 Å². The number of tetrazole rings is 1. The van der Waals surface area contributed by atoms with Crippen molar-refractivity contribution in [3.63, 3.8) is 0 Å². The normalized spacial score (nSPS) is 12.0. The summed E-state index contributed by atoms with van der Waals surface area (Å²) in [6, 6.07) is 5.42. The molecule has 2 rings (SSSR count). The maximum atomic E-state index is 12.6. The van der Waals surface area contributed by atoms with Gasteiger partial charge in [-0.2, -0.15) is 23.6 Å². The van der Waals surface area contributed by atoms with Crippen LogP contribution in [0.1, 0.15) is 11.4 Å². The summed E-state index contributed by atoms with van der Waals surface area (Å²) in [5, 5.41) is 24.5. The largest absolute Gasteiger partial charge is 0.417 e. The van der Waals surface area contributed by atoms with E-state index in [1.54, 1.807) is 22.6 Å². The van der Waals surface area contributed by atoms with Crippen molar-refractivity contribution in [2.75, 3.05) is 5.32 Å². The lowest BCUT2D eigenvalue weighted by atomic mass is 10.2. The third-order valence-corrected chi connectivity index (χ3v) is 3.26. The third-order valence-electron chi connectivity index (χ3n) is 2.36. The van der Waals surface area contributed by atoms with Crippen LogP contribution in [0.3, 0.4) is 0 Å². The number of hydrogen-bond donors (Lipinski definition) is 2. The number of nitrogens with one attached hydrogen (secondary N) is 2. The molecule has 0 aliphatic rings. The third kappa shape index (κ3) is 3.69. The van der Waals surface area contributed by atoms with Crippen LogP contribution in [-0.4, -0.2) is 20.6 Å². The van der Waals surface area contributed by atoms with Gasteiger partial charge >= 0.3 is 6.18 Å². The molecule has 0 saturated carbocycles. The average molecular weight is 406 g/mol. The van der Waals surface area contributed by atoms with Crippen molar-refractivity contribution in [3.05, 3.63) is 39.4 Å². The van der Waals surface area contributed by atoms with Gasteiger partial charge in [-0.1, -0.05) is 0 Å². The van der Waals surface area contributed by atoms with Crippen molar-refractivity contribution in [1.29, 1.82) is 5.26 Å². The first-order chi connectivity index (χ1) is 9.91. The molecule has 0 saturated heterocycles. The fourth-order valence-electron chi connectivity index (χ4n) is 1.41. The van der Waals surface area contributed by atoms with Crippen molar-refractivity contribution in [3.8, 4) is 6.07 Å². The lowest BCUT2D eigenvalue weighted by molar-refractivity contribution is -0.138. The minimum Gasteiger partial charge on any atom is -0.360 e. The zero-order chi connectivity index (χ0) is 15.5. The monoisotopic (exact) mass is 406 g/mol. The Kier molecular flexibility index (Phi) is 4.41. The molecule has 0 bridgehead atoms. The molecule has 0 radical (unpaired) electrons. The number of benzene rings is 1. The highest BCUT2D eigenvalue weighted by Crippen LogP contribution is 2.34. The topological polar surface area (TPSA) is 90.3 Å². The van der Waals surface area contributed by atoms with Gasteiger partial charge in [-0.15, -0.1) is 10.2 Å². The van der Waals surface area contributed by atoms with Crippen LogP contribution < -0.4 is 5.32 Å². The number of nitrogens with zero attached hydrogens (tertiary/aromatic N) is 4. The number of alkyl halides is 3. The number of anilines is 1. The smallest absolute Gasteiger partial charge is 0.360 e. The second-order valence-corrected chi connectivity index (χ2v) is 4.90. The van der Waals surface area contributed by atoms with E-state index < -0.39 is 11.7 Å². The molecule has 1 aromatic carbocycles. The zero-order valence-electron chi connectivity index (χ0n) is 10.1. The second kappa shape index (κ2) is 6.08. The van der Waals surface area contributed by atoms with Gasteiger partial charge in [0.2, 0.25) is 5.82 Å². The number of halogens is 4. The predicted molar refractivity (Wildman–Crippen MR) is 75.6 cm³/mol. The number of rotatable bonds is 3. The van der Waals surface area contributed by atoms with Crippen molar-refractivity contribution < 1.29 is 13.2 Å². The van der Waals surface area contributed by atoms with Gasteiger partial charge in [-0.3, -0.25) is 0 Å². The van der Waals surface area contributed by atoms with Crippen LogP contribution in [0.5, 0.6) is 0 Å². The Morgan fingerprint density at radius 2 is 2.19 bits per heavy atom. The van der Waals surface area contributed by atoms with E-state index >= 15 is 0 Å². The maximum absolute atomic E-state index is 12.6. The first-order valence-electron chi connectivity index (χ1n) is 5.39. The summed E-state index contributed by atoms with van der Waals surface area (Å²) in [5.41, 5.74) is -0.210. The van der Waals surface area contributed by atoms with Crippen LogP contribution in [0.4, 0.5) is 18.9 Å². The highest BCUT2D eigenvalue weighted by molar-refractivity contribution is 14.1. The first-order valence-corrected chi connectivity index (χ1v) is 6.47. The fraction of sp³-hybridized carbons (Fsp3) is 0.0909. The molecule has 0 aliphatic heterocycles. The molecule has 0 spiro atoms. The van der Waals surface area contributed by atoms with Crippen LogP contribution in [0, 0.1) is 14.9 Å². The number of aromatic amines is 1. The highest BCUT2D eigenvalue weighted by Gasteiger charge is 2.32. The Morgan fingerprint density at radius 3 is 2.71 bits per heavy atom. The Balaban J connectivity index is 2.21. The lowest BCUT2D eigenvalue weighted by Crippen LogP contribution is -2.07. The molecule has 0 unspecified atom stereocenters. The molecule has 21 heavy (non-hydrogen) atoms. The summed E-state index contributed by atoms with van der Waals surface area (Å²) in [7, 11) is 0. The van der Waals surface area contributed by atoms with E-state index in [9.17, 15) is 13.2 Å². The first kappa shape index (κ1) is 15.2. The second-order valence-electron chi connectivity index (χ2n) is 3.74. The van der Waals surface area contributed by atoms with Crippen LogP contribution in [0.25, 0.3) is 5.57 Å². The summed E-state index contributed by atoms with van der Waals surface area (Å²) >= 11 is 1.60. The molecule has 10 heteroatoms. The van der Waals surface area contributed by atoms with Gasteiger partial charge in [0.1, 0.15) is 11.6 Å². The summed E-state index contributed by atoms with van der Waals surface area (Å²) in [6.45, 7) is 0. The van der Waals surface area contributed by atoms with Crippen molar-refractivity contribution in [1.82, 2.24) is 20.6 Å². The Labute approximate surface area is 130 Å². The number of nitriles is 1. The minimum atomic E-state index is -4.40. The Morgan fingerprint density at radius 1 is 1.43 bits per heavy atom. The van der Waals surface area contributed by atoms with E-state index in [1.165, 1.54) is 18.3 Å². The number of allylic oxidation sites excluding steroid dienone is 1. The van der Waals surface area contributed by atoms with E-state index in [1.807, 2.05) is 6.07 Å². The minimum absolute atomic E-state index is 0.0524. The molecule has 0 amide bonds. The van der Waals surface area contributed by atoms with Crippen LogP contribution >= 0.6 is 22.6 Å². The van der Waals surface area contributed by atoms with E-state index in [0.717, 1.165) is 6.07 Å². The molecular weight excluding hydrogens is 400 g/mol. The Bertz CT molecular complexity index is 702. The van der Waals surface area contributed by atoms with Gasteiger partial charge in [-0.25, -0.2) is 0 Å². The van der Waals surface area contributed by atoms with Crippen molar-refractivity contribution in [2.45, 2.75) is 6.18 Å². The van der Waals surface area contributed by atoms with Crippen LogP contribution in [0.15, 0.2) is 24.4 Å². The van der Waals surface area contributed by atoms with Crippen molar-refractivity contribution >= 4 is 33.9 Å².